The fourth-order valence-corrected chi connectivity index (χ4v) is 3.08. The summed E-state index contributed by atoms with van der Waals surface area (Å²) in [4.78, 5) is 18.3. The molecule has 2 aromatic carbocycles. The van der Waals surface area contributed by atoms with E-state index in [2.05, 4.69) is 34.9 Å². The zero-order chi connectivity index (χ0) is 21.9. The van der Waals surface area contributed by atoms with Crippen LogP contribution in [0.3, 0.4) is 0 Å². The highest BCUT2D eigenvalue weighted by Crippen LogP contribution is 2.08. The molecule has 3 aromatic rings. The summed E-state index contributed by atoms with van der Waals surface area (Å²) in [5.74, 6) is 1.70. The van der Waals surface area contributed by atoms with E-state index in [0.717, 1.165) is 43.2 Å². The van der Waals surface area contributed by atoms with E-state index in [9.17, 15) is 4.79 Å². The summed E-state index contributed by atoms with van der Waals surface area (Å²) in [6, 6.07) is 21.8. The van der Waals surface area contributed by atoms with E-state index in [1.54, 1.807) is 25.3 Å². The number of carbonyl (C=O) groups is 1. The Hall–Kier alpha value is -3.54. The molecule has 0 bridgehead atoms. The van der Waals surface area contributed by atoms with Crippen molar-refractivity contribution in [3.05, 3.63) is 95.4 Å². The van der Waals surface area contributed by atoms with E-state index in [1.807, 2.05) is 42.5 Å². The van der Waals surface area contributed by atoms with Gasteiger partial charge < -0.3 is 20.0 Å². The van der Waals surface area contributed by atoms with Crippen LogP contribution in [0.25, 0.3) is 0 Å². The number of hydrogen-bond acceptors (Lipinski definition) is 3. The summed E-state index contributed by atoms with van der Waals surface area (Å²) in [6.07, 6.45) is 3.39. The van der Waals surface area contributed by atoms with Gasteiger partial charge in [-0.1, -0.05) is 42.5 Å². The number of benzene rings is 2. The fraction of sp³-hybridized carbons (Fsp3) is 0.280. The van der Waals surface area contributed by atoms with Gasteiger partial charge in [-0.3, -0.25) is 4.79 Å². The third kappa shape index (κ3) is 7.33. The molecule has 6 nitrogen and oxygen atoms in total. The van der Waals surface area contributed by atoms with Crippen molar-refractivity contribution in [3.8, 4) is 0 Å². The van der Waals surface area contributed by atoms with Crippen LogP contribution in [0, 0.1) is 0 Å². The summed E-state index contributed by atoms with van der Waals surface area (Å²) in [6.45, 7) is 2.03. The zero-order valence-corrected chi connectivity index (χ0v) is 18.2. The molecule has 1 amide bonds. The lowest BCUT2D eigenvalue weighted by Crippen LogP contribution is -2.39. The van der Waals surface area contributed by atoms with Gasteiger partial charge in [0.2, 0.25) is 0 Å². The summed E-state index contributed by atoms with van der Waals surface area (Å²) < 4.78 is 5.40. The summed E-state index contributed by atoms with van der Waals surface area (Å²) in [5, 5.41) is 6.79. The Bertz CT molecular complexity index is 949. The first-order valence-electron chi connectivity index (χ1n) is 10.5. The number of nitrogens with zero attached hydrogens (tertiary/aromatic N) is 2. The third-order valence-electron chi connectivity index (χ3n) is 4.82. The quantitative estimate of drug-likeness (QED) is 0.412. The molecule has 0 saturated heterocycles. The van der Waals surface area contributed by atoms with Gasteiger partial charge in [0, 0.05) is 39.2 Å². The molecule has 0 fully saturated rings. The van der Waals surface area contributed by atoms with Crippen LogP contribution in [-0.2, 0) is 19.4 Å². The van der Waals surface area contributed by atoms with Crippen LogP contribution in [0.4, 0.5) is 0 Å². The Balaban J connectivity index is 1.58. The molecular weight excluding hydrogens is 388 g/mol. The maximum Gasteiger partial charge on any atom is 0.253 e. The number of amides is 1. The predicted octanol–water partition coefficient (Wildman–Crippen LogP) is 3.50. The fourth-order valence-electron chi connectivity index (χ4n) is 3.08. The third-order valence-corrected chi connectivity index (χ3v) is 4.82. The standard InChI is InChI=1S/C25H30N4O2/c1-29(2)24(30)22-12-10-21(11-13-22)19-28-25(27-17-15-23-9-6-18-31-23)26-16-14-20-7-4-3-5-8-20/h3-13,18H,14-17,19H2,1-2H3,(H2,26,27,28). The minimum Gasteiger partial charge on any atom is -0.469 e. The van der Waals surface area contributed by atoms with E-state index in [0.29, 0.717) is 12.1 Å². The number of carbonyl (C=O) groups excluding carboxylic acids is 1. The number of aliphatic imine (C=N–C) groups is 1. The maximum absolute atomic E-state index is 12.0. The number of furan rings is 1. The monoisotopic (exact) mass is 418 g/mol. The molecule has 1 aromatic heterocycles. The molecule has 0 spiro atoms. The van der Waals surface area contributed by atoms with Crippen LogP contribution >= 0.6 is 0 Å². The average Bonchev–Trinajstić information content (AvgIpc) is 3.31. The van der Waals surface area contributed by atoms with Crippen molar-refractivity contribution in [1.82, 2.24) is 15.5 Å². The second-order valence-corrected chi connectivity index (χ2v) is 7.48. The van der Waals surface area contributed by atoms with Gasteiger partial charge >= 0.3 is 0 Å². The predicted molar refractivity (Wildman–Crippen MR) is 124 cm³/mol. The Morgan fingerprint density at radius 3 is 2.23 bits per heavy atom. The lowest BCUT2D eigenvalue weighted by atomic mass is 10.1. The number of hydrogen-bond donors (Lipinski definition) is 2. The Morgan fingerprint density at radius 1 is 0.871 bits per heavy atom. The molecule has 0 unspecified atom stereocenters. The van der Waals surface area contributed by atoms with Crippen LogP contribution in [0.15, 0.2) is 82.4 Å². The highest BCUT2D eigenvalue weighted by atomic mass is 16.3. The van der Waals surface area contributed by atoms with Gasteiger partial charge in [0.05, 0.1) is 12.8 Å². The van der Waals surface area contributed by atoms with E-state index < -0.39 is 0 Å². The van der Waals surface area contributed by atoms with Crippen molar-refractivity contribution in [2.75, 3.05) is 27.2 Å². The van der Waals surface area contributed by atoms with Crippen LogP contribution in [0.5, 0.6) is 0 Å². The average molecular weight is 419 g/mol. The molecule has 162 valence electrons. The van der Waals surface area contributed by atoms with E-state index in [1.165, 1.54) is 5.56 Å². The molecule has 0 saturated carbocycles. The first-order chi connectivity index (χ1) is 15.1. The van der Waals surface area contributed by atoms with Gasteiger partial charge in [-0.05, 0) is 41.8 Å². The molecule has 3 rings (SSSR count). The molecule has 6 heteroatoms. The van der Waals surface area contributed by atoms with Crippen molar-refractivity contribution in [2.24, 2.45) is 4.99 Å². The lowest BCUT2D eigenvalue weighted by Gasteiger charge is -2.13. The largest absolute Gasteiger partial charge is 0.469 e. The lowest BCUT2D eigenvalue weighted by molar-refractivity contribution is 0.0827. The molecule has 0 radical (unpaired) electrons. The molecule has 2 N–H and O–H groups in total. The first-order valence-corrected chi connectivity index (χ1v) is 10.5. The van der Waals surface area contributed by atoms with Crippen molar-refractivity contribution < 1.29 is 9.21 Å². The second-order valence-electron chi connectivity index (χ2n) is 7.48. The van der Waals surface area contributed by atoms with Crippen LogP contribution in [-0.4, -0.2) is 44.0 Å². The first kappa shape index (κ1) is 22.2. The van der Waals surface area contributed by atoms with Crippen LogP contribution in [0.1, 0.15) is 27.2 Å². The van der Waals surface area contributed by atoms with E-state index in [4.69, 9.17) is 9.41 Å². The van der Waals surface area contributed by atoms with Gasteiger partial charge in [0.25, 0.3) is 5.91 Å². The van der Waals surface area contributed by atoms with Gasteiger partial charge in [-0.2, -0.15) is 0 Å². The van der Waals surface area contributed by atoms with Crippen molar-refractivity contribution >= 4 is 11.9 Å². The van der Waals surface area contributed by atoms with Gasteiger partial charge in [0.1, 0.15) is 5.76 Å². The van der Waals surface area contributed by atoms with Crippen molar-refractivity contribution in [1.29, 1.82) is 0 Å². The topological polar surface area (TPSA) is 69.9 Å². The minimum absolute atomic E-state index is 0.00193. The smallest absolute Gasteiger partial charge is 0.253 e. The van der Waals surface area contributed by atoms with Gasteiger partial charge in [-0.15, -0.1) is 0 Å². The highest BCUT2D eigenvalue weighted by molar-refractivity contribution is 5.93. The highest BCUT2D eigenvalue weighted by Gasteiger charge is 2.07. The van der Waals surface area contributed by atoms with Gasteiger partial charge in [-0.25, -0.2) is 4.99 Å². The summed E-state index contributed by atoms with van der Waals surface area (Å²) >= 11 is 0. The Labute approximate surface area is 184 Å². The van der Waals surface area contributed by atoms with Crippen molar-refractivity contribution in [2.45, 2.75) is 19.4 Å². The van der Waals surface area contributed by atoms with E-state index >= 15 is 0 Å². The minimum atomic E-state index is -0.00193. The summed E-state index contributed by atoms with van der Waals surface area (Å²) in [5.41, 5.74) is 3.01. The van der Waals surface area contributed by atoms with Gasteiger partial charge in [0.15, 0.2) is 5.96 Å². The zero-order valence-electron chi connectivity index (χ0n) is 18.2. The van der Waals surface area contributed by atoms with Crippen molar-refractivity contribution in [3.63, 3.8) is 0 Å². The number of nitrogens with one attached hydrogen (secondary N) is 2. The molecule has 31 heavy (non-hydrogen) atoms. The normalized spacial score (nSPS) is 11.2. The SMILES string of the molecule is CN(C)C(=O)c1ccc(CN=C(NCCc2ccccc2)NCCc2ccco2)cc1. The maximum atomic E-state index is 12.0. The Kier molecular flexibility index (Phi) is 8.29. The molecule has 1 heterocycles. The Morgan fingerprint density at radius 2 is 1.58 bits per heavy atom. The molecule has 0 aliphatic carbocycles. The van der Waals surface area contributed by atoms with Crippen LogP contribution in [0.2, 0.25) is 0 Å². The second kappa shape index (κ2) is 11.6. The molecular formula is C25H30N4O2. The molecule has 0 aliphatic rings. The molecule has 0 atom stereocenters. The molecule has 0 aliphatic heterocycles. The number of guanidine groups is 1. The number of rotatable bonds is 9. The van der Waals surface area contributed by atoms with Crippen LogP contribution < -0.4 is 10.6 Å². The van der Waals surface area contributed by atoms with E-state index in [-0.39, 0.29) is 5.91 Å². The summed E-state index contributed by atoms with van der Waals surface area (Å²) in [7, 11) is 3.50.